The van der Waals surface area contributed by atoms with E-state index in [1.165, 1.54) is 13.2 Å². The van der Waals surface area contributed by atoms with Gasteiger partial charge in [0.05, 0.1) is 19.8 Å². The summed E-state index contributed by atoms with van der Waals surface area (Å²) in [7, 11) is 2.41. The number of carbonyl (C=O) groups excluding carboxylic acids is 2. The number of rotatable bonds is 7. The van der Waals surface area contributed by atoms with Crippen molar-refractivity contribution in [3.8, 4) is 5.75 Å². The molecule has 1 rings (SSSR count). The maximum absolute atomic E-state index is 12.9. The van der Waals surface area contributed by atoms with Gasteiger partial charge in [0.1, 0.15) is 5.75 Å². The molecule has 0 radical (unpaired) electrons. The van der Waals surface area contributed by atoms with Gasteiger partial charge in [-0.25, -0.2) is 0 Å². The fourth-order valence-electron chi connectivity index (χ4n) is 1.90. The van der Waals surface area contributed by atoms with Gasteiger partial charge in [-0.05, 0) is 31.0 Å². The Morgan fingerprint density at radius 2 is 1.73 bits per heavy atom. The summed E-state index contributed by atoms with van der Waals surface area (Å²) in [6.07, 6.45) is -3.49. The number of alkyl halides is 3. The Kier molecular flexibility index (Phi) is 6.39. The van der Waals surface area contributed by atoms with Crippen LogP contribution in [0, 0.1) is 0 Å². The summed E-state index contributed by atoms with van der Waals surface area (Å²) in [5.74, 6) is -1.11. The van der Waals surface area contributed by atoms with Crippen LogP contribution in [0.15, 0.2) is 18.2 Å². The van der Waals surface area contributed by atoms with Gasteiger partial charge in [-0.2, -0.15) is 13.2 Å². The highest BCUT2D eigenvalue weighted by Gasteiger charge is 2.34. The Morgan fingerprint density at radius 3 is 2.27 bits per heavy atom. The number of benzene rings is 1. The monoisotopic (exact) mass is 318 g/mol. The van der Waals surface area contributed by atoms with Crippen molar-refractivity contribution in [3.05, 3.63) is 29.3 Å². The largest absolute Gasteiger partial charge is 0.496 e. The summed E-state index contributed by atoms with van der Waals surface area (Å²) in [4.78, 5) is 22.8. The summed E-state index contributed by atoms with van der Waals surface area (Å²) in [5.41, 5.74) is -0.999. The van der Waals surface area contributed by atoms with E-state index >= 15 is 0 Å². The topological polar surface area (TPSA) is 52.6 Å². The van der Waals surface area contributed by atoms with Gasteiger partial charge in [0.15, 0.2) is 5.78 Å². The molecule has 1 aromatic carbocycles. The molecule has 0 aliphatic rings. The van der Waals surface area contributed by atoms with E-state index in [2.05, 4.69) is 9.47 Å². The van der Waals surface area contributed by atoms with E-state index in [0.717, 1.165) is 19.2 Å². The summed E-state index contributed by atoms with van der Waals surface area (Å²) in [5, 5.41) is 0. The fourth-order valence-corrected chi connectivity index (χ4v) is 1.90. The van der Waals surface area contributed by atoms with Crippen LogP contribution < -0.4 is 4.74 Å². The second-order valence-corrected chi connectivity index (χ2v) is 4.62. The first-order valence-corrected chi connectivity index (χ1v) is 6.65. The van der Waals surface area contributed by atoms with E-state index in [1.807, 2.05) is 0 Å². The third-order valence-electron chi connectivity index (χ3n) is 3.09. The molecule has 0 unspecified atom stereocenters. The Hall–Kier alpha value is -2.05. The number of hydrogen-bond donors (Lipinski definition) is 0. The van der Waals surface area contributed by atoms with E-state index in [9.17, 15) is 22.8 Å². The molecule has 7 heteroatoms. The van der Waals surface area contributed by atoms with Crippen molar-refractivity contribution >= 4 is 11.8 Å². The molecule has 0 aliphatic heterocycles. The van der Waals surface area contributed by atoms with E-state index < -0.39 is 17.5 Å². The molecule has 0 aliphatic carbocycles. The molecule has 0 fully saturated rings. The predicted octanol–water partition coefficient (Wildman–Crippen LogP) is 3.63. The van der Waals surface area contributed by atoms with Gasteiger partial charge < -0.3 is 9.47 Å². The second kappa shape index (κ2) is 7.82. The second-order valence-electron chi connectivity index (χ2n) is 4.62. The molecule has 0 atom stereocenters. The molecule has 0 saturated carbocycles. The lowest BCUT2D eigenvalue weighted by atomic mass is 10.0. The maximum Gasteiger partial charge on any atom is 0.419 e. The number of ketones is 1. The van der Waals surface area contributed by atoms with Crippen LogP contribution in [0.4, 0.5) is 13.2 Å². The highest BCUT2D eigenvalue weighted by Crippen LogP contribution is 2.36. The summed E-state index contributed by atoms with van der Waals surface area (Å²) >= 11 is 0. The summed E-state index contributed by atoms with van der Waals surface area (Å²) in [6, 6.07) is 3.22. The van der Waals surface area contributed by atoms with Crippen LogP contribution in [0.25, 0.3) is 0 Å². The standard InChI is InChI=1S/C15H17F3O4/c1-21-13-8-7-10(9-11(13)15(16,17)18)12(19)5-3-4-6-14(20)22-2/h7-9H,3-6H2,1-2H3. The van der Waals surface area contributed by atoms with E-state index in [1.54, 1.807) is 0 Å². The predicted molar refractivity (Wildman–Crippen MR) is 72.8 cm³/mol. The Labute approximate surface area is 126 Å². The average Bonchev–Trinajstić information content (AvgIpc) is 2.49. The minimum absolute atomic E-state index is 0.0220. The van der Waals surface area contributed by atoms with E-state index in [0.29, 0.717) is 12.8 Å². The lowest BCUT2D eigenvalue weighted by Crippen LogP contribution is -2.10. The average molecular weight is 318 g/mol. The van der Waals surface area contributed by atoms with Gasteiger partial charge in [-0.3, -0.25) is 9.59 Å². The van der Waals surface area contributed by atoms with Crippen molar-refractivity contribution in [1.29, 1.82) is 0 Å². The molecule has 22 heavy (non-hydrogen) atoms. The molecular weight excluding hydrogens is 301 g/mol. The van der Waals surface area contributed by atoms with Crippen molar-refractivity contribution in [1.82, 2.24) is 0 Å². The summed E-state index contributed by atoms with van der Waals surface area (Å²) < 4.78 is 47.7. The van der Waals surface area contributed by atoms with Crippen LogP contribution in [0.2, 0.25) is 0 Å². The quantitative estimate of drug-likeness (QED) is 0.438. The molecule has 122 valence electrons. The number of carbonyl (C=O) groups is 2. The molecule has 0 amide bonds. The highest BCUT2D eigenvalue weighted by molar-refractivity contribution is 5.96. The molecule has 0 N–H and O–H groups in total. The number of Topliss-reactive ketones (excluding diaryl/α,β-unsaturated/α-hetero) is 1. The van der Waals surface area contributed by atoms with Crippen LogP contribution in [0.1, 0.15) is 41.6 Å². The van der Waals surface area contributed by atoms with Crippen molar-refractivity contribution in [2.75, 3.05) is 14.2 Å². The Balaban J connectivity index is 2.72. The highest BCUT2D eigenvalue weighted by atomic mass is 19.4. The number of ether oxygens (including phenoxy) is 2. The van der Waals surface area contributed by atoms with Gasteiger partial charge in [0, 0.05) is 18.4 Å². The van der Waals surface area contributed by atoms with Crippen molar-refractivity contribution in [2.24, 2.45) is 0 Å². The van der Waals surface area contributed by atoms with Crippen LogP contribution >= 0.6 is 0 Å². The zero-order valence-corrected chi connectivity index (χ0v) is 12.3. The lowest BCUT2D eigenvalue weighted by molar-refractivity contribution is -0.141. The van der Waals surface area contributed by atoms with Gasteiger partial charge in [-0.15, -0.1) is 0 Å². The van der Waals surface area contributed by atoms with Gasteiger partial charge in [0.2, 0.25) is 0 Å². The lowest BCUT2D eigenvalue weighted by Gasteiger charge is -2.13. The molecule has 4 nitrogen and oxygen atoms in total. The number of unbranched alkanes of at least 4 members (excludes halogenated alkanes) is 1. The SMILES string of the molecule is COC(=O)CCCCC(=O)c1ccc(OC)c(C(F)(F)F)c1. The third kappa shape index (κ3) is 5.05. The van der Waals surface area contributed by atoms with Gasteiger partial charge >= 0.3 is 12.1 Å². The molecule has 0 bridgehead atoms. The molecule has 0 aromatic heterocycles. The Bertz CT molecular complexity index is 538. The van der Waals surface area contributed by atoms with Crippen LogP contribution in [0.5, 0.6) is 5.75 Å². The third-order valence-corrected chi connectivity index (χ3v) is 3.09. The smallest absolute Gasteiger partial charge is 0.419 e. The van der Waals surface area contributed by atoms with Crippen LogP contribution in [0.3, 0.4) is 0 Å². The molecule has 0 saturated heterocycles. The zero-order chi connectivity index (χ0) is 16.8. The van der Waals surface area contributed by atoms with Crippen molar-refractivity contribution < 1.29 is 32.2 Å². The Morgan fingerprint density at radius 1 is 1.09 bits per heavy atom. The number of methoxy groups -OCH3 is 2. The molecule has 0 heterocycles. The molecule has 0 spiro atoms. The maximum atomic E-state index is 12.9. The number of halogens is 3. The van der Waals surface area contributed by atoms with Gasteiger partial charge in [0.25, 0.3) is 0 Å². The number of hydrogen-bond acceptors (Lipinski definition) is 4. The van der Waals surface area contributed by atoms with Crippen molar-refractivity contribution in [2.45, 2.75) is 31.9 Å². The van der Waals surface area contributed by atoms with Crippen LogP contribution in [-0.2, 0) is 15.7 Å². The minimum Gasteiger partial charge on any atom is -0.496 e. The van der Waals surface area contributed by atoms with Crippen LogP contribution in [-0.4, -0.2) is 26.0 Å². The van der Waals surface area contributed by atoms with E-state index in [-0.39, 0.29) is 30.1 Å². The van der Waals surface area contributed by atoms with E-state index in [4.69, 9.17) is 0 Å². The van der Waals surface area contributed by atoms with Gasteiger partial charge in [-0.1, -0.05) is 0 Å². The number of esters is 1. The first kappa shape index (κ1) is 18.0. The normalized spacial score (nSPS) is 11.1. The molecule has 1 aromatic rings. The molecular formula is C15H17F3O4. The fraction of sp³-hybridized carbons (Fsp3) is 0.467. The zero-order valence-electron chi connectivity index (χ0n) is 12.3. The van der Waals surface area contributed by atoms with Crippen molar-refractivity contribution in [3.63, 3.8) is 0 Å². The summed E-state index contributed by atoms with van der Waals surface area (Å²) in [6.45, 7) is 0. The first-order valence-electron chi connectivity index (χ1n) is 6.65. The minimum atomic E-state index is -4.59. The first-order chi connectivity index (χ1) is 10.3.